The lowest BCUT2D eigenvalue weighted by Gasteiger charge is -2.07. The molecule has 0 aliphatic rings. The van der Waals surface area contributed by atoms with Gasteiger partial charge in [0.1, 0.15) is 8.07 Å². The first-order valence-corrected chi connectivity index (χ1v) is 9.60. The molecular formula is C13H18SSi. The summed E-state index contributed by atoms with van der Waals surface area (Å²) < 4.78 is 0. The summed E-state index contributed by atoms with van der Waals surface area (Å²) in [5, 5.41) is 0.388. The van der Waals surface area contributed by atoms with Crippen LogP contribution in [0.5, 0.6) is 0 Å². The van der Waals surface area contributed by atoms with E-state index in [1.807, 2.05) is 17.8 Å². The molecule has 0 heterocycles. The van der Waals surface area contributed by atoms with Crippen LogP contribution in [0.1, 0.15) is 6.92 Å². The number of benzene rings is 1. The van der Waals surface area contributed by atoms with Gasteiger partial charge in [0.05, 0.1) is 5.25 Å². The molecule has 1 unspecified atom stereocenters. The van der Waals surface area contributed by atoms with Crippen LogP contribution in [0.3, 0.4) is 0 Å². The Morgan fingerprint density at radius 2 is 1.73 bits per heavy atom. The molecule has 0 spiro atoms. The summed E-state index contributed by atoms with van der Waals surface area (Å²) in [5.74, 6) is 3.35. The van der Waals surface area contributed by atoms with Crippen molar-refractivity contribution in [1.82, 2.24) is 0 Å². The van der Waals surface area contributed by atoms with E-state index in [1.165, 1.54) is 4.90 Å². The van der Waals surface area contributed by atoms with Gasteiger partial charge in [0, 0.05) is 4.90 Å². The average molecular weight is 234 g/mol. The van der Waals surface area contributed by atoms with Crippen molar-refractivity contribution in [2.45, 2.75) is 36.7 Å². The van der Waals surface area contributed by atoms with E-state index in [2.05, 4.69) is 62.3 Å². The summed E-state index contributed by atoms with van der Waals surface area (Å²) in [4.78, 5) is 1.30. The Morgan fingerprint density at radius 1 is 1.13 bits per heavy atom. The van der Waals surface area contributed by atoms with Gasteiger partial charge in [0.25, 0.3) is 0 Å². The molecule has 0 aliphatic heterocycles. The summed E-state index contributed by atoms with van der Waals surface area (Å²) >= 11 is 1.83. The molecule has 1 aromatic carbocycles. The molecule has 0 N–H and O–H groups in total. The predicted molar refractivity (Wildman–Crippen MR) is 72.9 cm³/mol. The van der Waals surface area contributed by atoms with E-state index in [9.17, 15) is 0 Å². The Kier molecular flexibility index (Phi) is 4.50. The van der Waals surface area contributed by atoms with Crippen LogP contribution >= 0.6 is 11.8 Å². The quantitative estimate of drug-likeness (QED) is 0.423. The molecule has 1 aromatic rings. The first kappa shape index (κ1) is 12.4. The third-order valence-electron chi connectivity index (χ3n) is 1.71. The highest BCUT2D eigenvalue weighted by Gasteiger charge is 2.08. The molecule has 0 bridgehead atoms. The Bertz CT molecular complexity index is 354. The molecular weight excluding hydrogens is 216 g/mol. The largest absolute Gasteiger partial charge is 0.131 e. The normalized spacial score (nSPS) is 12.8. The molecule has 80 valence electrons. The highest BCUT2D eigenvalue weighted by molar-refractivity contribution is 8.00. The third-order valence-corrected chi connectivity index (χ3v) is 3.62. The van der Waals surface area contributed by atoms with Crippen molar-refractivity contribution in [2.75, 3.05) is 0 Å². The summed E-state index contributed by atoms with van der Waals surface area (Å²) in [6.07, 6.45) is 0. The minimum absolute atomic E-state index is 0.388. The molecule has 0 saturated heterocycles. The molecule has 0 radical (unpaired) electrons. The van der Waals surface area contributed by atoms with Crippen molar-refractivity contribution in [3.8, 4) is 11.5 Å². The van der Waals surface area contributed by atoms with Crippen LogP contribution in [0.15, 0.2) is 35.2 Å². The summed E-state index contributed by atoms with van der Waals surface area (Å²) in [6, 6.07) is 10.5. The van der Waals surface area contributed by atoms with E-state index in [1.54, 1.807) is 0 Å². The summed E-state index contributed by atoms with van der Waals surface area (Å²) in [5.41, 5.74) is 3.41. The van der Waals surface area contributed by atoms with Crippen molar-refractivity contribution in [3.63, 3.8) is 0 Å². The van der Waals surface area contributed by atoms with Gasteiger partial charge >= 0.3 is 0 Å². The Morgan fingerprint density at radius 3 is 2.27 bits per heavy atom. The smallest absolute Gasteiger partial charge is 0.129 e. The summed E-state index contributed by atoms with van der Waals surface area (Å²) in [7, 11) is -1.21. The van der Waals surface area contributed by atoms with Crippen molar-refractivity contribution < 1.29 is 0 Å². The van der Waals surface area contributed by atoms with Gasteiger partial charge in [-0.25, -0.2) is 0 Å². The second-order valence-electron chi connectivity index (χ2n) is 4.59. The van der Waals surface area contributed by atoms with Crippen LogP contribution in [-0.2, 0) is 0 Å². The van der Waals surface area contributed by atoms with E-state index in [4.69, 9.17) is 0 Å². The molecule has 0 saturated carbocycles. The maximum atomic E-state index is 3.41. The molecule has 0 amide bonds. The summed E-state index contributed by atoms with van der Waals surface area (Å²) in [6.45, 7) is 9.00. The molecule has 1 atom stereocenters. The Hall–Kier alpha value is -0.653. The second-order valence-corrected chi connectivity index (χ2v) is 10.8. The molecule has 0 fully saturated rings. The number of hydrogen-bond acceptors (Lipinski definition) is 1. The zero-order chi connectivity index (χ0) is 11.3. The first-order chi connectivity index (χ1) is 6.97. The van der Waals surface area contributed by atoms with Crippen molar-refractivity contribution >= 4 is 19.8 Å². The zero-order valence-electron chi connectivity index (χ0n) is 9.87. The van der Waals surface area contributed by atoms with Gasteiger partial charge in [0.2, 0.25) is 0 Å². The van der Waals surface area contributed by atoms with Crippen LogP contribution < -0.4 is 0 Å². The predicted octanol–water partition coefficient (Wildman–Crippen LogP) is 4.05. The van der Waals surface area contributed by atoms with E-state index >= 15 is 0 Å². The average Bonchev–Trinajstić information content (AvgIpc) is 2.15. The lowest BCUT2D eigenvalue weighted by Crippen LogP contribution is -2.17. The van der Waals surface area contributed by atoms with Crippen LogP contribution in [0.4, 0.5) is 0 Å². The highest BCUT2D eigenvalue weighted by atomic mass is 32.2. The van der Waals surface area contributed by atoms with Crippen LogP contribution in [-0.4, -0.2) is 13.3 Å². The zero-order valence-corrected chi connectivity index (χ0v) is 11.7. The van der Waals surface area contributed by atoms with E-state index in [-0.39, 0.29) is 0 Å². The number of thioether (sulfide) groups is 1. The molecule has 15 heavy (non-hydrogen) atoms. The highest BCUT2D eigenvalue weighted by Crippen LogP contribution is 2.21. The Labute approximate surface area is 98.5 Å². The third kappa shape index (κ3) is 5.71. The minimum Gasteiger partial charge on any atom is -0.131 e. The number of rotatable bonds is 2. The van der Waals surface area contributed by atoms with Gasteiger partial charge < -0.3 is 0 Å². The topological polar surface area (TPSA) is 0 Å². The fraction of sp³-hybridized carbons (Fsp3) is 0.385. The molecule has 0 nitrogen and oxygen atoms in total. The number of hydrogen-bond donors (Lipinski definition) is 0. The van der Waals surface area contributed by atoms with Crippen LogP contribution in [0, 0.1) is 11.5 Å². The lowest BCUT2D eigenvalue weighted by molar-refractivity contribution is 1.28. The maximum absolute atomic E-state index is 3.41. The van der Waals surface area contributed by atoms with Crippen LogP contribution in [0.25, 0.3) is 0 Å². The lowest BCUT2D eigenvalue weighted by atomic mass is 10.4. The van der Waals surface area contributed by atoms with Crippen molar-refractivity contribution in [1.29, 1.82) is 0 Å². The van der Waals surface area contributed by atoms with Gasteiger partial charge in [-0.15, -0.1) is 17.3 Å². The van der Waals surface area contributed by atoms with Gasteiger partial charge in [-0.05, 0) is 19.1 Å². The minimum atomic E-state index is -1.21. The second kappa shape index (κ2) is 5.44. The van der Waals surface area contributed by atoms with E-state index in [0.29, 0.717) is 5.25 Å². The Balaban J connectivity index is 2.56. The maximum Gasteiger partial charge on any atom is 0.129 e. The molecule has 2 heteroatoms. The van der Waals surface area contributed by atoms with Crippen molar-refractivity contribution in [2.24, 2.45) is 0 Å². The van der Waals surface area contributed by atoms with Crippen molar-refractivity contribution in [3.05, 3.63) is 30.3 Å². The van der Waals surface area contributed by atoms with Gasteiger partial charge in [-0.2, -0.15) is 0 Å². The fourth-order valence-corrected chi connectivity index (χ4v) is 2.65. The monoisotopic (exact) mass is 234 g/mol. The van der Waals surface area contributed by atoms with Gasteiger partial charge in [-0.1, -0.05) is 43.8 Å². The van der Waals surface area contributed by atoms with E-state index < -0.39 is 8.07 Å². The molecule has 0 aliphatic carbocycles. The molecule has 1 rings (SSSR count). The standard InChI is InChI=1S/C13H18SSi/c1-12(10-11-15(2,3)4)14-13-8-6-5-7-9-13/h5-9,12H,1-4H3. The SMILES string of the molecule is CC(C#C[Si](C)(C)C)Sc1ccccc1. The van der Waals surface area contributed by atoms with Crippen LogP contribution in [0.2, 0.25) is 19.6 Å². The first-order valence-electron chi connectivity index (χ1n) is 5.22. The molecule has 0 aromatic heterocycles. The van der Waals surface area contributed by atoms with Gasteiger partial charge in [-0.3, -0.25) is 0 Å². The van der Waals surface area contributed by atoms with E-state index in [0.717, 1.165) is 0 Å². The van der Waals surface area contributed by atoms with Gasteiger partial charge in [0.15, 0.2) is 0 Å². The fourth-order valence-electron chi connectivity index (χ4n) is 1.05.